The molecule has 0 spiro atoms. The van der Waals surface area contributed by atoms with Crippen molar-refractivity contribution in [3.63, 3.8) is 0 Å². The molecule has 1 aliphatic heterocycles. The number of para-hydroxylation sites is 1. The lowest BCUT2D eigenvalue weighted by molar-refractivity contribution is 0.101. The van der Waals surface area contributed by atoms with E-state index in [1.54, 1.807) is 36.4 Å². The Morgan fingerprint density at radius 3 is 2.19 bits per heavy atom. The lowest BCUT2D eigenvalue weighted by Crippen LogP contribution is -2.31. The number of aryl methyl sites for hydroxylation is 1. The lowest BCUT2D eigenvalue weighted by Gasteiger charge is -2.23. The molecule has 1 heterocycles. The first-order valence-electron chi connectivity index (χ1n) is 12.5. The van der Waals surface area contributed by atoms with Crippen molar-refractivity contribution in [3.05, 3.63) is 83.4 Å². The molecule has 7 nitrogen and oxygen atoms in total. The van der Waals surface area contributed by atoms with Crippen molar-refractivity contribution in [2.75, 3.05) is 48.3 Å². The zero-order chi connectivity index (χ0) is 25.5. The molecule has 3 N–H and O–H groups in total. The van der Waals surface area contributed by atoms with Gasteiger partial charge in [-0.25, -0.2) is 0 Å². The summed E-state index contributed by atoms with van der Waals surface area (Å²) >= 11 is 0. The molecule has 1 aliphatic rings. The molecule has 0 saturated carbocycles. The van der Waals surface area contributed by atoms with Gasteiger partial charge >= 0.3 is 0 Å². The Bertz CT molecular complexity index is 1190. The van der Waals surface area contributed by atoms with Crippen LogP contribution in [-0.4, -0.2) is 54.5 Å². The van der Waals surface area contributed by atoms with Crippen LogP contribution < -0.4 is 15.5 Å². The molecular weight excluding hydrogens is 452 g/mol. The van der Waals surface area contributed by atoms with Crippen LogP contribution in [0.25, 0.3) is 0 Å². The number of phenolic OH excluding ortho intramolecular Hbond substituents is 1. The minimum atomic E-state index is -0.362. The van der Waals surface area contributed by atoms with Crippen molar-refractivity contribution in [2.24, 2.45) is 0 Å². The van der Waals surface area contributed by atoms with Crippen LogP contribution in [0.4, 0.5) is 17.1 Å². The Morgan fingerprint density at radius 2 is 1.50 bits per heavy atom. The van der Waals surface area contributed by atoms with E-state index in [0.29, 0.717) is 16.8 Å². The van der Waals surface area contributed by atoms with Crippen LogP contribution in [0.15, 0.2) is 66.7 Å². The molecule has 1 fully saturated rings. The highest BCUT2D eigenvalue weighted by Gasteiger charge is 2.17. The first-order chi connectivity index (χ1) is 17.4. The highest BCUT2D eigenvalue weighted by Crippen LogP contribution is 2.32. The van der Waals surface area contributed by atoms with E-state index in [9.17, 15) is 14.7 Å². The molecular formula is C29H34N4O3. The molecule has 3 aromatic rings. The maximum Gasteiger partial charge on any atom is 0.255 e. The summed E-state index contributed by atoms with van der Waals surface area (Å²) in [5.74, 6) is -0.808. The van der Waals surface area contributed by atoms with Crippen molar-refractivity contribution in [1.82, 2.24) is 4.90 Å². The van der Waals surface area contributed by atoms with Gasteiger partial charge in [0.05, 0.1) is 5.69 Å². The molecule has 3 aromatic carbocycles. The predicted octanol–water partition coefficient (Wildman–Crippen LogP) is 5.13. The summed E-state index contributed by atoms with van der Waals surface area (Å²) in [6.45, 7) is 9.41. The van der Waals surface area contributed by atoms with E-state index in [2.05, 4.69) is 27.4 Å². The normalized spacial score (nSPS) is 14.2. The van der Waals surface area contributed by atoms with Crippen LogP contribution in [0.2, 0.25) is 0 Å². The quantitative estimate of drug-likeness (QED) is 0.403. The first-order valence-corrected chi connectivity index (χ1v) is 12.5. The largest absolute Gasteiger partial charge is 0.506 e. The number of nitrogens with zero attached hydrogens (tertiary/aromatic N) is 2. The fraction of sp³-hybridized carbons (Fsp3) is 0.310. The van der Waals surface area contributed by atoms with Crippen LogP contribution in [0.1, 0.15) is 46.0 Å². The van der Waals surface area contributed by atoms with Crippen molar-refractivity contribution in [1.29, 1.82) is 0 Å². The summed E-state index contributed by atoms with van der Waals surface area (Å²) in [5, 5.41) is 16.0. The number of phenols is 1. The van der Waals surface area contributed by atoms with Gasteiger partial charge in [0, 0.05) is 36.4 Å². The minimum absolute atomic E-state index is 0.122. The Balaban J connectivity index is 1.44. The number of amides is 2. The summed E-state index contributed by atoms with van der Waals surface area (Å²) in [6, 6.07) is 19.4. The molecule has 0 aromatic heterocycles. The number of rotatable bonds is 7. The molecule has 1 saturated heterocycles. The van der Waals surface area contributed by atoms with E-state index in [4.69, 9.17) is 0 Å². The highest BCUT2D eigenvalue weighted by molar-refractivity contribution is 6.11. The second-order valence-corrected chi connectivity index (χ2v) is 9.20. The van der Waals surface area contributed by atoms with Crippen molar-refractivity contribution in [3.8, 4) is 5.75 Å². The summed E-state index contributed by atoms with van der Waals surface area (Å²) in [7, 11) is 0. The monoisotopic (exact) mass is 486 g/mol. The molecule has 7 heteroatoms. The van der Waals surface area contributed by atoms with Gasteiger partial charge in [-0.1, -0.05) is 30.7 Å². The second kappa shape index (κ2) is 11.7. The topological polar surface area (TPSA) is 84.9 Å². The van der Waals surface area contributed by atoms with Crippen molar-refractivity contribution in [2.45, 2.75) is 26.7 Å². The van der Waals surface area contributed by atoms with Gasteiger partial charge in [0.25, 0.3) is 11.8 Å². The number of carbonyl (C=O) groups is 2. The smallest absolute Gasteiger partial charge is 0.255 e. The third kappa shape index (κ3) is 6.23. The van der Waals surface area contributed by atoms with E-state index < -0.39 is 0 Å². The maximum atomic E-state index is 13.0. The van der Waals surface area contributed by atoms with Crippen LogP contribution in [0, 0.1) is 6.92 Å². The highest BCUT2D eigenvalue weighted by atomic mass is 16.3. The third-order valence-corrected chi connectivity index (χ3v) is 6.47. The van der Waals surface area contributed by atoms with E-state index >= 15 is 0 Å². The number of benzene rings is 3. The molecule has 188 valence electrons. The predicted molar refractivity (Wildman–Crippen MR) is 145 cm³/mol. The Kier molecular flexibility index (Phi) is 8.23. The zero-order valence-electron chi connectivity index (χ0n) is 21.0. The van der Waals surface area contributed by atoms with Gasteiger partial charge in [-0.15, -0.1) is 0 Å². The fourth-order valence-corrected chi connectivity index (χ4v) is 4.45. The standard InChI is InChI=1S/C29H34N4O3/c1-3-16-32-17-5-18-33(20-19-32)24-14-12-23(13-15-24)29(36)31-27-25(6-4-7-26(27)34)30-28(35)22-10-8-21(2)9-11-22/h4,6-15,34H,3,5,16-20H2,1-2H3,(H,30,35)(H,31,36). The van der Waals surface area contributed by atoms with Crippen LogP contribution in [0.3, 0.4) is 0 Å². The molecule has 4 rings (SSSR count). The van der Waals surface area contributed by atoms with Gasteiger partial charge < -0.3 is 25.5 Å². The molecule has 0 bridgehead atoms. The summed E-state index contributed by atoms with van der Waals surface area (Å²) in [6.07, 6.45) is 2.28. The summed E-state index contributed by atoms with van der Waals surface area (Å²) in [4.78, 5) is 30.6. The molecule has 0 aliphatic carbocycles. The SMILES string of the molecule is CCCN1CCCN(c2ccc(C(=O)Nc3c(O)cccc3NC(=O)c3ccc(C)cc3)cc2)CC1. The average molecular weight is 487 g/mol. The molecule has 0 unspecified atom stereocenters. The Morgan fingerprint density at radius 1 is 0.833 bits per heavy atom. The molecule has 0 radical (unpaired) electrons. The number of anilines is 3. The van der Waals surface area contributed by atoms with E-state index in [0.717, 1.165) is 56.8 Å². The van der Waals surface area contributed by atoms with Crippen LogP contribution in [-0.2, 0) is 0 Å². The van der Waals surface area contributed by atoms with Crippen LogP contribution in [0.5, 0.6) is 5.75 Å². The molecule has 36 heavy (non-hydrogen) atoms. The number of nitrogens with one attached hydrogen (secondary N) is 2. The summed E-state index contributed by atoms with van der Waals surface area (Å²) in [5.41, 5.74) is 3.60. The number of hydrogen-bond donors (Lipinski definition) is 3. The maximum absolute atomic E-state index is 13.0. The molecule has 2 amide bonds. The van der Waals surface area contributed by atoms with Gasteiger partial charge in [0.1, 0.15) is 11.4 Å². The molecule has 0 atom stereocenters. The van der Waals surface area contributed by atoms with Gasteiger partial charge in [-0.05, 0) is 81.4 Å². The van der Waals surface area contributed by atoms with E-state index in [1.807, 2.05) is 31.2 Å². The Hall–Kier alpha value is -3.84. The first kappa shape index (κ1) is 25.3. The van der Waals surface area contributed by atoms with Gasteiger partial charge in [0.15, 0.2) is 0 Å². The zero-order valence-corrected chi connectivity index (χ0v) is 21.0. The minimum Gasteiger partial charge on any atom is -0.506 e. The van der Waals surface area contributed by atoms with Gasteiger partial charge in [0.2, 0.25) is 0 Å². The van der Waals surface area contributed by atoms with E-state index in [-0.39, 0.29) is 23.3 Å². The van der Waals surface area contributed by atoms with Gasteiger partial charge in [-0.2, -0.15) is 0 Å². The third-order valence-electron chi connectivity index (χ3n) is 6.47. The van der Waals surface area contributed by atoms with Crippen molar-refractivity contribution < 1.29 is 14.7 Å². The number of aromatic hydroxyl groups is 1. The Labute approximate surface area is 212 Å². The van der Waals surface area contributed by atoms with Crippen molar-refractivity contribution >= 4 is 28.9 Å². The second-order valence-electron chi connectivity index (χ2n) is 9.20. The number of carbonyl (C=O) groups excluding carboxylic acids is 2. The summed E-state index contributed by atoms with van der Waals surface area (Å²) < 4.78 is 0. The average Bonchev–Trinajstić information content (AvgIpc) is 3.12. The fourth-order valence-electron chi connectivity index (χ4n) is 4.45. The number of hydrogen-bond acceptors (Lipinski definition) is 5. The van der Waals surface area contributed by atoms with Gasteiger partial charge in [-0.3, -0.25) is 9.59 Å². The van der Waals surface area contributed by atoms with Crippen LogP contribution >= 0.6 is 0 Å². The van der Waals surface area contributed by atoms with E-state index in [1.165, 1.54) is 6.07 Å². The lowest BCUT2D eigenvalue weighted by atomic mass is 10.1.